The predicted octanol–water partition coefficient (Wildman–Crippen LogP) is 1.64. The summed E-state index contributed by atoms with van der Waals surface area (Å²) in [6, 6.07) is 0. The van der Waals surface area contributed by atoms with Crippen LogP contribution >= 0.6 is 11.3 Å². The predicted molar refractivity (Wildman–Crippen MR) is 74.7 cm³/mol. The first kappa shape index (κ1) is 13.9. The highest BCUT2D eigenvalue weighted by molar-refractivity contribution is 7.09. The molecule has 2 rings (SSSR count). The largest absolute Gasteiger partial charge is 0.381 e. The number of hydrogen-bond donors (Lipinski definition) is 1. The Bertz CT molecular complexity index is 389. The van der Waals surface area contributed by atoms with Crippen LogP contribution in [-0.4, -0.2) is 42.2 Å². The van der Waals surface area contributed by atoms with Crippen LogP contribution < -0.4 is 5.73 Å². The minimum atomic E-state index is 0.00688. The monoisotopic (exact) mass is 269 g/mol. The van der Waals surface area contributed by atoms with Crippen LogP contribution in [0.2, 0.25) is 0 Å². The standard InChI is InChI=1S/C13H23N3OS/c1-10-12(18-9-15-10)6-16(3)13(2,8-14)11-4-5-17-7-11/h9,11H,4-8,14H2,1-3H3. The van der Waals surface area contributed by atoms with Gasteiger partial charge in [-0.25, -0.2) is 4.98 Å². The molecule has 0 bridgehead atoms. The second-order valence-corrected chi connectivity index (χ2v) is 6.28. The molecule has 0 radical (unpaired) electrons. The first-order valence-corrected chi connectivity index (χ1v) is 7.34. The van der Waals surface area contributed by atoms with Gasteiger partial charge in [-0.05, 0) is 27.3 Å². The third-order valence-electron chi connectivity index (χ3n) is 4.32. The molecule has 102 valence electrons. The van der Waals surface area contributed by atoms with Crippen molar-refractivity contribution in [3.63, 3.8) is 0 Å². The highest BCUT2D eigenvalue weighted by atomic mass is 32.1. The molecule has 0 spiro atoms. The van der Waals surface area contributed by atoms with E-state index in [9.17, 15) is 0 Å². The number of rotatable bonds is 5. The van der Waals surface area contributed by atoms with Gasteiger partial charge in [0.2, 0.25) is 0 Å². The number of hydrogen-bond acceptors (Lipinski definition) is 5. The van der Waals surface area contributed by atoms with E-state index in [-0.39, 0.29) is 5.54 Å². The fourth-order valence-corrected chi connectivity index (χ4v) is 3.36. The van der Waals surface area contributed by atoms with Gasteiger partial charge in [0.05, 0.1) is 17.8 Å². The minimum Gasteiger partial charge on any atom is -0.381 e. The number of aryl methyl sites for hydroxylation is 1. The molecule has 1 saturated heterocycles. The van der Waals surface area contributed by atoms with Gasteiger partial charge < -0.3 is 10.5 Å². The first-order valence-electron chi connectivity index (χ1n) is 6.46. The first-order chi connectivity index (χ1) is 8.58. The molecule has 4 nitrogen and oxygen atoms in total. The van der Waals surface area contributed by atoms with Gasteiger partial charge in [-0.2, -0.15) is 0 Å². The Morgan fingerprint density at radius 1 is 1.67 bits per heavy atom. The van der Waals surface area contributed by atoms with Crippen molar-refractivity contribution in [1.82, 2.24) is 9.88 Å². The average Bonchev–Trinajstić information content (AvgIpc) is 3.01. The summed E-state index contributed by atoms with van der Waals surface area (Å²) >= 11 is 1.72. The summed E-state index contributed by atoms with van der Waals surface area (Å²) in [6.07, 6.45) is 1.11. The van der Waals surface area contributed by atoms with E-state index in [1.807, 2.05) is 5.51 Å². The van der Waals surface area contributed by atoms with Crippen molar-refractivity contribution in [2.24, 2.45) is 11.7 Å². The van der Waals surface area contributed by atoms with Gasteiger partial charge in [-0.3, -0.25) is 4.90 Å². The van der Waals surface area contributed by atoms with Gasteiger partial charge in [0.1, 0.15) is 0 Å². The lowest BCUT2D eigenvalue weighted by atomic mass is 9.83. The summed E-state index contributed by atoms with van der Waals surface area (Å²) in [5, 5.41) is 0. The maximum absolute atomic E-state index is 6.05. The number of nitrogens with zero attached hydrogens (tertiary/aromatic N) is 2. The zero-order valence-electron chi connectivity index (χ0n) is 11.5. The normalized spacial score (nSPS) is 23.5. The molecular weight excluding hydrogens is 246 g/mol. The fraction of sp³-hybridized carbons (Fsp3) is 0.769. The average molecular weight is 269 g/mol. The Morgan fingerprint density at radius 2 is 2.44 bits per heavy atom. The van der Waals surface area contributed by atoms with E-state index in [0.717, 1.165) is 31.9 Å². The summed E-state index contributed by atoms with van der Waals surface area (Å²) in [6.45, 7) is 7.60. The lowest BCUT2D eigenvalue weighted by Crippen LogP contribution is -2.54. The Balaban J connectivity index is 2.09. The number of thiazole rings is 1. The van der Waals surface area contributed by atoms with Crippen molar-refractivity contribution in [1.29, 1.82) is 0 Å². The Labute approximate surface area is 113 Å². The van der Waals surface area contributed by atoms with Crippen molar-refractivity contribution < 1.29 is 4.74 Å². The van der Waals surface area contributed by atoms with Crippen molar-refractivity contribution in [2.75, 3.05) is 26.8 Å². The zero-order valence-corrected chi connectivity index (χ0v) is 12.3. The summed E-state index contributed by atoms with van der Waals surface area (Å²) in [5.74, 6) is 0.528. The van der Waals surface area contributed by atoms with Crippen molar-refractivity contribution in [3.05, 3.63) is 16.1 Å². The molecule has 1 fully saturated rings. The number of ether oxygens (including phenoxy) is 1. The van der Waals surface area contributed by atoms with Gasteiger partial charge in [0.15, 0.2) is 0 Å². The third-order valence-corrected chi connectivity index (χ3v) is 5.24. The van der Waals surface area contributed by atoms with Gasteiger partial charge in [0, 0.05) is 36.0 Å². The lowest BCUT2D eigenvalue weighted by Gasteiger charge is -2.42. The molecule has 2 atom stereocenters. The molecule has 5 heteroatoms. The summed E-state index contributed by atoms with van der Waals surface area (Å²) in [4.78, 5) is 8.01. The van der Waals surface area contributed by atoms with Crippen LogP contribution in [0.25, 0.3) is 0 Å². The van der Waals surface area contributed by atoms with Crippen LogP contribution in [0.3, 0.4) is 0 Å². The number of aromatic nitrogens is 1. The van der Waals surface area contributed by atoms with Crippen LogP contribution in [0.5, 0.6) is 0 Å². The number of nitrogens with two attached hydrogens (primary N) is 1. The summed E-state index contributed by atoms with van der Waals surface area (Å²) < 4.78 is 5.52. The van der Waals surface area contributed by atoms with Crippen molar-refractivity contribution >= 4 is 11.3 Å². The molecule has 0 aromatic carbocycles. The van der Waals surface area contributed by atoms with E-state index < -0.39 is 0 Å². The molecule has 0 saturated carbocycles. The third kappa shape index (κ3) is 2.59. The molecule has 1 aromatic rings. The van der Waals surface area contributed by atoms with Crippen LogP contribution in [-0.2, 0) is 11.3 Å². The molecule has 2 heterocycles. The molecule has 2 unspecified atom stereocenters. The Hall–Kier alpha value is -0.490. The van der Waals surface area contributed by atoms with Crippen LogP contribution in [0.4, 0.5) is 0 Å². The van der Waals surface area contributed by atoms with Crippen molar-refractivity contribution in [2.45, 2.75) is 32.4 Å². The molecule has 0 amide bonds. The SMILES string of the molecule is Cc1ncsc1CN(C)C(C)(CN)C1CCOC1. The summed E-state index contributed by atoms with van der Waals surface area (Å²) in [7, 11) is 2.16. The van der Waals surface area contributed by atoms with Crippen LogP contribution in [0.1, 0.15) is 23.9 Å². The van der Waals surface area contributed by atoms with Gasteiger partial charge in [-0.15, -0.1) is 11.3 Å². The lowest BCUT2D eigenvalue weighted by molar-refractivity contribution is 0.0615. The zero-order chi connectivity index (χ0) is 13.2. The van der Waals surface area contributed by atoms with E-state index >= 15 is 0 Å². The van der Waals surface area contributed by atoms with Gasteiger partial charge in [0.25, 0.3) is 0 Å². The number of likely N-dealkylation sites (N-methyl/N-ethyl adjacent to an activating group) is 1. The quantitative estimate of drug-likeness (QED) is 0.883. The molecule has 1 aromatic heterocycles. The summed E-state index contributed by atoms with van der Waals surface area (Å²) in [5.41, 5.74) is 9.10. The highest BCUT2D eigenvalue weighted by Gasteiger charge is 2.39. The van der Waals surface area contributed by atoms with Gasteiger partial charge >= 0.3 is 0 Å². The fourth-order valence-electron chi connectivity index (χ4n) is 2.53. The maximum atomic E-state index is 6.05. The maximum Gasteiger partial charge on any atom is 0.0798 e. The molecule has 1 aliphatic rings. The second-order valence-electron chi connectivity index (χ2n) is 5.34. The molecule has 1 aliphatic heterocycles. The molecule has 0 aliphatic carbocycles. The van der Waals surface area contributed by atoms with Crippen LogP contribution in [0, 0.1) is 12.8 Å². The van der Waals surface area contributed by atoms with E-state index in [2.05, 4.69) is 30.8 Å². The van der Waals surface area contributed by atoms with E-state index in [4.69, 9.17) is 10.5 Å². The van der Waals surface area contributed by atoms with E-state index in [1.165, 1.54) is 4.88 Å². The second kappa shape index (κ2) is 5.65. The highest BCUT2D eigenvalue weighted by Crippen LogP contribution is 2.31. The Morgan fingerprint density at radius 3 is 2.94 bits per heavy atom. The van der Waals surface area contributed by atoms with E-state index in [0.29, 0.717) is 12.5 Å². The minimum absolute atomic E-state index is 0.00688. The Kier molecular flexibility index (Phi) is 4.37. The van der Waals surface area contributed by atoms with Crippen LogP contribution in [0.15, 0.2) is 5.51 Å². The smallest absolute Gasteiger partial charge is 0.0798 e. The van der Waals surface area contributed by atoms with Crippen molar-refractivity contribution in [3.8, 4) is 0 Å². The van der Waals surface area contributed by atoms with E-state index in [1.54, 1.807) is 11.3 Å². The van der Waals surface area contributed by atoms with Gasteiger partial charge in [-0.1, -0.05) is 0 Å². The molecule has 18 heavy (non-hydrogen) atoms. The molecular formula is C13H23N3OS. The molecule has 2 N–H and O–H groups in total. The topological polar surface area (TPSA) is 51.4 Å².